The lowest BCUT2D eigenvalue weighted by molar-refractivity contribution is -0.147. The summed E-state index contributed by atoms with van der Waals surface area (Å²) in [5.41, 5.74) is 0. The van der Waals surface area contributed by atoms with E-state index in [9.17, 15) is 4.79 Å². The number of ether oxygens (including phenoxy) is 1. The topological polar surface area (TPSA) is 66.8 Å². The van der Waals surface area contributed by atoms with Crippen molar-refractivity contribution in [2.75, 3.05) is 13.2 Å². The molecule has 0 aromatic carbocycles. The van der Waals surface area contributed by atoms with E-state index in [4.69, 9.17) is 14.9 Å². The molecule has 0 amide bonds. The predicted molar refractivity (Wildman–Crippen MR) is 104 cm³/mol. The van der Waals surface area contributed by atoms with Gasteiger partial charge >= 0.3 is 5.97 Å². The Kier molecular flexibility index (Phi) is 18.8. The normalized spacial score (nSPS) is 12.6. The standard InChI is InChI=1S/C21H40O4/c1-2-3-4-5-6-7-8-9-10-11-12-13-14-15-16-17-21(24)25-19-20(23)18-22/h11-12,20,22-23H,2-10,13-19H2,1H3/b12-11+/t20-/m0/s1. The fraction of sp³-hybridized carbons (Fsp3) is 0.857. The summed E-state index contributed by atoms with van der Waals surface area (Å²) in [4.78, 5) is 11.4. The minimum Gasteiger partial charge on any atom is -0.463 e. The maximum atomic E-state index is 11.4. The molecule has 2 N–H and O–H groups in total. The lowest BCUT2D eigenvalue weighted by Gasteiger charge is -2.08. The van der Waals surface area contributed by atoms with Crippen molar-refractivity contribution in [3.8, 4) is 0 Å². The number of aliphatic hydroxyl groups is 2. The first-order valence-corrected chi connectivity index (χ1v) is 10.3. The van der Waals surface area contributed by atoms with Crippen LogP contribution in [0.4, 0.5) is 0 Å². The highest BCUT2D eigenvalue weighted by Crippen LogP contribution is 2.10. The fourth-order valence-corrected chi connectivity index (χ4v) is 2.65. The van der Waals surface area contributed by atoms with Gasteiger partial charge < -0.3 is 14.9 Å². The van der Waals surface area contributed by atoms with Crippen LogP contribution in [0.15, 0.2) is 12.2 Å². The SMILES string of the molecule is CCCCCCCCCC/C=C/CCCCCC(=O)OC[C@@H](O)CO. The molecular weight excluding hydrogens is 316 g/mol. The summed E-state index contributed by atoms with van der Waals surface area (Å²) in [5.74, 6) is -0.294. The van der Waals surface area contributed by atoms with E-state index in [0.717, 1.165) is 25.7 Å². The van der Waals surface area contributed by atoms with E-state index in [1.54, 1.807) is 0 Å². The van der Waals surface area contributed by atoms with Crippen molar-refractivity contribution in [1.82, 2.24) is 0 Å². The molecule has 0 heterocycles. The van der Waals surface area contributed by atoms with Gasteiger partial charge in [-0.05, 0) is 32.1 Å². The Hall–Kier alpha value is -0.870. The molecule has 0 aliphatic heterocycles. The number of esters is 1. The Morgan fingerprint density at radius 2 is 1.40 bits per heavy atom. The maximum Gasteiger partial charge on any atom is 0.305 e. The molecule has 4 heteroatoms. The molecule has 0 bridgehead atoms. The van der Waals surface area contributed by atoms with Gasteiger partial charge in [-0.1, -0.05) is 70.4 Å². The first kappa shape index (κ1) is 24.1. The number of hydrogen-bond donors (Lipinski definition) is 2. The second-order valence-corrected chi connectivity index (χ2v) is 6.85. The summed E-state index contributed by atoms with van der Waals surface area (Å²) in [6, 6.07) is 0. The van der Waals surface area contributed by atoms with Gasteiger partial charge in [-0.15, -0.1) is 0 Å². The van der Waals surface area contributed by atoms with Gasteiger partial charge in [-0.3, -0.25) is 4.79 Å². The van der Waals surface area contributed by atoms with Crippen LogP contribution < -0.4 is 0 Å². The second-order valence-electron chi connectivity index (χ2n) is 6.85. The molecule has 4 nitrogen and oxygen atoms in total. The first-order chi connectivity index (χ1) is 12.2. The monoisotopic (exact) mass is 356 g/mol. The molecule has 1 atom stereocenters. The van der Waals surface area contributed by atoms with E-state index in [-0.39, 0.29) is 19.2 Å². The zero-order valence-electron chi connectivity index (χ0n) is 16.3. The van der Waals surface area contributed by atoms with Crippen molar-refractivity contribution < 1.29 is 19.7 Å². The molecule has 0 aliphatic carbocycles. The third-order valence-corrected chi connectivity index (χ3v) is 4.29. The van der Waals surface area contributed by atoms with E-state index in [0.29, 0.717) is 6.42 Å². The summed E-state index contributed by atoms with van der Waals surface area (Å²) in [5, 5.41) is 17.7. The van der Waals surface area contributed by atoms with Crippen LogP contribution in [0.5, 0.6) is 0 Å². The molecule has 0 aromatic rings. The zero-order valence-corrected chi connectivity index (χ0v) is 16.3. The van der Waals surface area contributed by atoms with Gasteiger partial charge in [0.05, 0.1) is 6.61 Å². The smallest absolute Gasteiger partial charge is 0.305 e. The van der Waals surface area contributed by atoms with Gasteiger partial charge in [0, 0.05) is 6.42 Å². The largest absolute Gasteiger partial charge is 0.463 e. The highest BCUT2D eigenvalue weighted by Gasteiger charge is 2.07. The number of carbonyl (C=O) groups is 1. The zero-order chi connectivity index (χ0) is 18.6. The molecule has 0 aliphatic rings. The minimum absolute atomic E-state index is 0.114. The average molecular weight is 357 g/mol. The fourth-order valence-electron chi connectivity index (χ4n) is 2.65. The quantitative estimate of drug-likeness (QED) is 0.208. The number of hydrogen-bond acceptors (Lipinski definition) is 4. The van der Waals surface area contributed by atoms with E-state index in [1.165, 1.54) is 57.8 Å². The number of rotatable bonds is 18. The molecule has 0 unspecified atom stereocenters. The van der Waals surface area contributed by atoms with Gasteiger partial charge in [0.2, 0.25) is 0 Å². The van der Waals surface area contributed by atoms with Crippen LogP contribution in [-0.4, -0.2) is 35.5 Å². The summed E-state index contributed by atoms with van der Waals surface area (Å²) in [6.45, 7) is 1.77. The van der Waals surface area contributed by atoms with Crippen LogP contribution in [0.3, 0.4) is 0 Å². The molecule has 0 saturated carbocycles. The van der Waals surface area contributed by atoms with Gasteiger partial charge in [0.15, 0.2) is 0 Å². The van der Waals surface area contributed by atoms with E-state index < -0.39 is 6.10 Å². The predicted octanol–water partition coefficient (Wildman–Crippen LogP) is 4.92. The van der Waals surface area contributed by atoms with Gasteiger partial charge in [-0.2, -0.15) is 0 Å². The maximum absolute atomic E-state index is 11.4. The van der Waals surface area contributed by atoms with Gasteiger partial charge in [0.25, 0.3) is 0 Å². The highest BCUT2D eigenvalue weighted by molar-refractivity contribution is 5.69. The van der Waals surface area contributed by atoms with Crippen molar-refractivity contribution in [3.63, 3.8) is 0 Å². The van der Waals surface area contributed by atoms with E-state index >= 15 is 0 Å². The van der Waals surface area contributed by atoms with Crippen LogP contribution in [0.1, 0.15) is 96.8 Å². The minimum atomic E-state index is -0.963. The van der Waals surface area contributed by atoms with E-state index in [2.05, 4.69) is 19.1 Å². The lowest BCUT2D eigenvalue weighted by Crippen LogP contribution is -2.21. The van der Waals surface area contributed by atoms with Crippen molar-refractivity contribution in [2.45, 2.75) is 103 Å². The third-order valence-electron chi connectivity index (χ3n) is 4.29. The lowest BCUT2D eigenvalue weighted by atomic mass is 10.1. The van der Waals surface area contributed by atoms with Crippen LogP contribution >= 0.6 is 0 Å². The van der Waals surface area contributed by atoms with Crippen LogP contribution in [-0.2, 0) is 9.53 Å². The van der Waals surface area contributed by atoms with Gasteiger partial charge in [0.1, 0.15) is 12.7 Å². The molecule has 0 saturated heterocycles. The molecule has 0 aromatic heterocycles. The summed E-state index contributed by atoms with van der Waals surface area (Å²) >= 11 is 0. The van der Waals surface area contributed by atoms with Crippen molar-refractivity contribution in [3.05, 3.63) is 12.2 Å². The Morgan fingerprint density at radius 1 is 0.880 bits per heavy atom. The summed E-state index contributed by atoms with van der Waals surface area (Å²) in [7, 11) is 0. The Labute approximate surface area is 154 Å². The second kappa shape index (κ2) is 19.5. The molecule has 148 valence electrons. The van der Waals surface area contributed by atoms with Crippen LogP contribution in [0.2, 0.25) is 0 Å². The third kappa shape index (κ3) is 19.3. The number of aliphatic hydroxyl groups excluding tert-OH is 2. The van der Waals surface area contributed by atoms with Crippen molar-refractivity contribution in [1.29, 1.82) is 0 Å². The van der Waals surface area contributed by atoms with E-state index in [1.807, 2.05) is 0 Å². The number of allylic oxidation sites excluding steroid dienone is 2. The Bertz CT molecular complexity index is 315. The Morgan fingerprint density at radius 3 is 1.96 bits per heavy atom. The number of carbonyl (C=O) groups excluding carboxylic acids is 1. The molecule has 0 spiro atoms. The molecule has 25 heavy (non-hydrogen) atoms. The summed E-state index contributed by atoms with van der Waals surface area (Å²) < 4.78 is 4.85. The Balaban J connectivity index is 3.24. The highest BCUT2D eigenvalue weighted by atomic mass is 16.5. The van der Waals surface area contributed by atoms with Crippen molar-refractivity contribution in [2.24, 2.45) is 0 Å². The molecule has 0 radical (unpaired) electrons. The molecular formula is C21H40O4. The van der Waals surface area contributed by atoms with Crippen LogP contribution in [0, 0.1) is 0 Å². The molecule has 0 fully saturated rings. The number of unbranched alkanes of at least 4 members (excludes halogenated alkanes) is 11. The summed E-state index contributed by atoms with van der Waals surface area (Å²) in [6.07, 6.45) is 20.1. The van der Waals surface area contributed by atoms with Gasteiger partial charge in [-0.25, -0.2) is 0 Å². The van der Waals surface area contributed by atoms with Crippen molar-refractivity contribution >= 4 is 5.97 Å². The average Bonchev–Trinajstić information content (AvgIpc) is 2.62. The first-order valence-electron chi connectivity index (χ1n) is 10.3. The molecule has 0 rings (SSSR count). The van der Waals surface area contributed by atoms with Crippen LogP contribution in [0.25, 0.3) is 0 Å².